The summed E-state index contributed by atoms with van der Waals surface area (Å²) >= 11 is 4.93. The van der Waals surface area contributed by atoms with Crippen molar-refractivity contribution in [1.29, 1.82) is 0 Å². The monoisotopic (exact) mass is 363 g/mol. The molecule has 0 aromatic heterocycles. The number of hydrogen-bond donors (Lipinski definition) is 2. The highest BCUT2D eigenvalue weighted by Crippen LogP contribution is 2.30. The summed E-state index contributed by atoms with van der Waals surface area (Å²) in [5.41, 5.74) is 6.32. The molecular weight excluding hydrogens is 345 g/mol. The molecule has 7 heteroatoms. The standard InChI is InChI=1S/C13H19BrFN3OS/c1-8(6-7-20-3)18(2)10-5-4-9(13(16)17-19)11(14)12(10)15/h4-5,8,19H,6-7H2,1-3H3,(H2,16,17). The molecule has 0 radical (unpaired) electrons. The average Bonchev–Trinajstić information content (AvgIpc) is 2.45. The van der Waals surface area contributed by atoms with Gasteiger partial charge >= 0.3 is 0 Å². The molecule has 0 spiro atoms. The molecule has 3 N–H and O–H groups in total. The SMILES string of the molecule is CSCCC(C)N(C)c1ccc(/C(N)=N/O)c(Br)c1F. The van der Waals surface area contributed by atoms with Crippen LogP contribution in [0.3, 0.4) is 0 Å². The summed E-state index contributed by atoms with van der Waals surface area (Å²) in [6, 6.07) is 3.50. The molecule has 1 atom stereocenters. The summed E-state index contributed by atoms with van der Waals surface area (Å²) < 4.78 is 14.6. The maximum atomic E-state index is 14.4. The summed E-state index contributed by atoms with van der Waals surface area (Å²) in [5, 5.41) is 11.6. The van der Waals surface area contributed by atoms with E-state index < -0.39 is 5.82 Å². The van der Waals surface area contributed by atoms with Gasteiger partial charge in [-0.05, 0) is 53.4 Å². The average molecular weight is 364 g/mol. The van der Waals surface area contributed by atoms with Crippen LogP contribution in [0.4, 0.5) is 10.1 Å². The van der Waals surface area contributed by atoms with Crippen molar-refractivity contribution in [2.24, 2.45) is 10.9 Å². The second-order valence-corrected chi connectivity index (χ2v) is 6.27. The van der Waals surface area contributed by atoms with Gasteiger partial charge in [0, 0.05) is 18.7 Å². The molecule has 1 aromatic rings. The van der Waals surface area contributed by atoms with Crippen LogP contribution >= 0.6 is 27.7 Å². The molecule has 0 aliphatic heterocycles. The number of oxime groups is 1. The van der Waals surface area contributed by atoms with Crippen molar-refractivity contribution >= 4 is 39.2 Å². The second-order valence-electron chi connectivity index (χ2n) is 4.49. The third-order valence-corrected chi connectivity index (χ3v) is 4.65. The van der Waals surface area contributed by atoms with Crippen LogP contribution in [0.1, 0.15) is 18.9 Å². The first-order valence-electron chi connectivity index (χ1n) is 6.11. The van der Waals surface area contributed by atoms with Crippen molar-refractivity contribution in [3.8, 4) is 0 Å². The summed E-state index contributed by atoms with van der Waals surface area (Å²) in [6.45, 7) is 2.06. The zero-order valence-corrected chi connectivity index (χ0v) is 14.1. The smallest absolute Gasteiger partial charge is 0.171 e. The molecule has 0 aliphatic rings. The number of benzene rings is 1. The summed E-state index contributed by atoms with van der Waals surface area (Å²) in [5.74, 6) is 0.490. The molecule has 0 amide bonds. The molecule has 1 rings (SSSR count). The fourth-order valence-corrected chi connectivity index (χ4v) is 2.90. The topological polar surface area (TPSA) is 61.8 Å². The van der Waals surface area contributed by atoms with Crippen LogP contribution in [0.25, 0.3) is 0 Å². The van der Waals surface area contributed by atoms with E-state index in [1.165, 1.54) is 0 Å². The third kappa shape index (κ3) is 3.79. The van der Waals surface area contributed by atoms with Gasteiger partial charge in [0.2, 0.25) is 0 Å². The molecule has 112 valence electrons. The van der Waals surface area contributed by atoms with Crippen LogP contribution < -0.4 is 10.6 Å². The van der Waals surface area contributed by atoms with Gasteiger partial charge in [-0.2, -0.15) is 11.8 Å². The van der Waals surface area contributed by atoms with E-state index in [-0.39, 0.29) is 16.4 Å². The Morgan fingerprint density at radius 3 is 2.80 bits per heavy atom. The van der Waals surface area contributed by atoms with E-state index in [4.69, 9.17) is 10.9 Å². The maximum Gasteiger partial charge on any atom is 0.171 e. The number of anilines is 1. The van der Waals surface area contributed by atoms with E-state index in [0.29, 0.717) is 11.3 Å². The lowest BCUT2D eigenvalue weighted by Crippen LogP contribution is -2.30. The number of amidine groups is 1. The molecule has 0 saturated heterocycles. The first-order chi connectivity index (χ1) is 9.43. The van der Waals surface area contributed by atoms with Crippen molar-refractivity contribution in [2.75, 3.05) is 24.0 Å². The number of nitrogens with zero attached hydrogens (tertiary/aromatic N) is 2. The third-order valence-electron chi connectivity index (χ3n) is 3.23. The lowest BCUT2D eigenvalue weighted by molar-refractivity contribution is 0.318. The van der Waals surface area contributed by atoms with Gasteiger partial charge in [0.15, 0.2) is 11.7 Å². The lowest BCUT2D eigenvalue weighted by Gasteiger charge is -2.28. The number of nitrogens with two attached hydrogens (primary N) is 1. The second kappa shape index (κ2) is 7.73. The molecule has 0 bridgehead atoms. The highest BCUT2D eigenvalue weighted by atomic mass is 79.9. The van der Waals surface area contributed by atoms with Crippen LogP contribution in [0.2, 0.25) is 0 Å². The van der Waals surface area contributed by atoms with Gasteiger partial charge in [0.25, 0.3) is 0 Å². The maximum absolute atomic E-state index is 14.4. The van der Waals surface area contributed by atoms with Crippen LogP contribution in [0.5, 0.6) is 0 Å². The van der Waals surface area contributed by atoms with Crippen LogP contribution in [0, 0.1) is 5.82 Å². The van der Waals surface area contributed by atoms with Gasteiger partial charge in [-0.25, -0.2) is 4.39 Å². The van der Waals surface area contributed by atoms with Gasteiger partial charge in [0.1, 0.15) is 0 Å². The van der Waals surface area contributed by atoms with Gasteiger partial charge in [0.05, 0.1) is 10.2 Å². The highest BCUT2D eigenvalue weighted by molar-refractivity contribution is 9.10. The minimum Gasteiger partial charge on any atom is -0.409 e. The minimum absolute atomic E-state index is 0.125. The molecule has 0 aliphatic carbocycles. The van der Waals surface area contributed by atoms with Gasteiger partial charge in [-0.3, -0.25) is 0 Å². The van der Waals surface area contributed by atoms with Crippen molar-refractivity contribution in [3.05, 3.63) is 28.0 Å². The number of hydrogen-bond acceptors (Lipinski definition) is 4. The summed E-state index contributed by atoms with van der Waals surface area (Å²) in [7, 11) is 1.86. The molecule has 1 aromatic carbocycles. The minimum atomic E-state index is -0.410. The molecule has 20 heavy (non-hydrogen) atoms. The van der Waals surface area contributed by atoms with E-state index >= 15 is 0 Å². The van der Waals surface area contributed by atoms with Gasteiger partial charge in [-0.1, -0.05) is 5.16 Å². The highest BCUT2D eigenvalue weighted by Gasteiger charge is 2.19. The van der Waals surface area contributed by atoms with Gasteiger partial charge < -0.3 is 15.8 Å². The van der Waals surface area contributed by atoms with E-state index in [1.54, 1.807) is 23.9 Å². The van der Waals surface area contributed by atoms with E-state index in [1.807, 2.05) is 11.9 Å². The Morgan fingerprint density at radius 2 is 2.25 bits per heavy atom. The summed E-state index contributed by atoms with van der Waals surface area (Å²) in [4.78, 5) is 1.90. The molecule has 0 fully saturated rings. The first-order valence-corrected chi connectivity index (χ1v) is 8.30. The number of halogens is 2. The van der Waals surface area contributed by atoms with Crippen molar-refractivity contribution < 1.29 is 9.60 Å². The van der Waals surface area contributed by atoms with E-state index in [9.17, 15) is 4.39 Å². The Balaban J connectivity index is 3.06. The Kier molecular flexibility index (Phi) is 6.61. The predicted octanol–water partition coefficient (Wildman–Crippen LogP) is 3.26. The Morgan fingerprint density at radius 1 is 1.60 bits per heavy atom. The molecule has 0 saturated carbocycles. The fraction of sp³-hybridized carbons (Fsp3) is 0.462. The summed E-state index contributed by atoms with van der Waals surface area (Å²) in [6.07, 6.45) is 3.02. The van der Waals surface area contributed by atoms with Crippen molar-refractivity contribution in [3.63, 3.8) is 0 Å². The van der Waals surface area contributed by atoms with E-state index in [0.717, 1.165) is 12.2 Å². The normalized spacial score (nSPS) is 13.3. The quantitative estimate of drug-likeness (QED) is 0.352. The predicted molar refractivity (Wildman–Crippen MR) is 87.5 cm³/mol. The van der Waals surface area contributed by atoms with Gasteiger partial charge in [-0.15, -0.1) is 0 Å². The Hall–Kier alpha value is -0.950. The zero-order chi connectivity index (χ0) is 15.3. The fourth-order valence-electron chi connectivity index (χ4n) is 1.78. The first kappa shape index (κ1) is 17.1. The molecule has 1 unspecified atom stereocenters. The van der Waals surface area contributed by atoms with Crippen molar-refractivity contribution in [1.82, 2.24) is 0 Å². The van der Waals surface area contributed by atoms with Crippen LogP contribution in [-0.4, -0.2) is 36.1 Å². The Bertz CT molecular complexity index is 499. The zero-order valence-electron chi connectivity index (χ0n) is 11.7. The molecule has 0 heterocycles. The lowest BCUT2D eigenvalue weighted by atomic mass is 10.1. The van der Waals surface area contributed by atoms with Crippen molar-refractivity contribution in [2.45, 2.75) is 19.4 Å². The largest absolute Gasteiger partial charge is 0.409 e. The molecule has 4 nitrogen and oxygen atoms in total. The van der Waals surface area contributed by atoms with Crippen LogP contribution in [0.15, 0.2) is 21.8 Å². The Labute approximate surface area is 131 Å². The molecular formula is C13H19BrFN3OS. The number of rotatable bonds is 6. The van der Waals surface area contributed by atoms with E-state index in [2.05, 4.69) is 34.3 Å². The van der Waals surface area contributed by atoms with Crippen LogP contribution in [-0.2, 0) is 0 Å². The number of thioether (sulfide) groups is 1.